The van der Waals surface area contributed by atoms with E-state index in [1.165, 1.54) is 0 Å². The molecule has 1 aromatic rings. The van der Waals surface area contributed by atoms with Crippen molar-refractivity contribution in [3.8, 4) is 0 Å². The summed E-state index contributed by atoms with van der Waals surface area (Å²) >= 11 is 0. The molecule has 104 valence electrons. The van der Waals surface area contributed by atoms with Crippen LogP contribution in [0.5, 0.6) is 0 Å². The van der Waals surface area contributed by atoms with E-state index < -0.39 is 18.0 Å². The van der Waals surface area contributed by atoms with E-state index in [2.05, 4.69) is 0 Å². The zero-order valence-corrected chi connectivity index (χ0v) is 10.3. The Bertz CT molecular complexity index is 439. The van der Waals surface area contributed by atoms with Gasteiger partial charge in [-0.25, -0.2) is 4.79 Å². The molecule has 0 aliphatic carbocycles. The highest BCUT2D eigenvalue weighted by Gasteiger charge is 2.50. The molecule has 2 rings (SSSR count). The van der Waals surface area contributed by atoms with E-state index in [1.54, 1.807) is 4.90 Å². The second-order valence-electron chi connectivity index (χ2n) is 4.51. The minimum Gasteiger partial charge on any atom is -0.477 e. The summed E-state index contributed by atoms with van der Waals surface area (Å²) in [6.45, 7) is 1.05. The third kappa shape index (κ3) is 3.27. The molecule has 1 aromatic carbocycles. The van der Waals surface area contributed by atoms with Crippen molar-refractivity contribution >= 4 is 5.97 Å². The minimum atomic E-state index is -3.85. The number of carboxylic acid groups (broad SMARTS) is 1. The summed E-state index contributed by atoms with van der Waals surface area (Å²) in [7, 11) is 0. The first-order valence-electron chi connectivity index (χ1n) is 5.99. The van der Waals surface area contributed by atoms with E-state index >= 15 is 0 Å². The van der Waals surface area contributed by atoms with Crippen molar-refractivity contribution < 1.29 is 23.4 Å². The molecule has 1 atom stereocenters. The van der Waals surface area contributed by atoms with Gasteiger partial charge in [0.1, 0.15) is 6.10 Å². The van der Waals surface area contributed by atoms with Gasteiger partial charge in [0.25, 0.3) is 0 Å². The van der Waals surface area contributed by atoms with Gasteiger partial charge >= 0.3 is 11.9 Å². The normalized spacial score (nSPS) is 21.3. The second kappa shape index (κ2) is 5.63. The third-order valence-corrected chi connectivity index (χ3v) is 3.09. The Morgan fingerprint density at radius 3 is 2.74 bits per heavy atom. The van der Waals surface area contributed by atoms with Gasteiger partial charge in [0.15, 0.2) is 0 Å². The number of hydrogen-bond acceptors (Lipinski definition) is 3. The maximum Gasteiger partial charge on any atom is 0.377 e. The van der Waals surface area contributed by atoms with Crippen LogP contribution >= 0.6 is 0 Å². The number of carbonyl (C=O) groups is 1. The molecule has 1 aliphatic rings. The topological polar surface area (TPSA) is 49.8 Å². The molecule has 1 fully saturated rings. The molecular formula is C13H15F2NO3. The fourth-order valence-electron chi connectivity index (χ4n) is 2.04. The van der Waals surface area contributed by atoms with Crippen LogP contribution in [0.1, 0.15) is 5.56 Å². The van der Waals surface area contributed by atoms with Crippen molar-refractivity contribution in [2.24, 2.45) is 0 Å². The van der Waals surface area contributed by atoms with Crippen LogP contribution in [0.15, 0.2) is 30.3 Å². The van der Waals surface area contributed by atoms with Crippen LogP contribution in [-0.2, 0) is 16.1 Å². The molecule has 6 heteroatoms. The molecule has 0 radical (unpaired) electrons. The summed E-state index contributed by atoms with van der Waals surface area (Å²) < 4.78 is 31.7. The van der Waals surface area contributed by atoms with Crippen LogP contribution in [0, 0.1) is 0 Å². The third-order valence-electron chi connectivity index (χ3n) is 3.09. The van der Waals surface area contributed by atoms with Crippen LogP contribution in [0.4, 0.5) is 8.78 Å². The van der Waals surface area contributed by atoms with Crippen molar-refractivity contribution in [3.63, 3.8) is 0 Å². The minimum absolute atomic E-state index is 0.0891. The van der Waals surface area contributed by atoms with Crippen molar-refractivity contribution in [2.75, 3.05) is 19.7 Å². The van der Waals surface area contributed by atoms with Gasteiger partial charge in [0.05, 0.1) is 6.61 Å². The Balaban J connectivity index is 2.00. The van der Waals surface area contributed by atoms with Crippen LogP contribution in [0.2, 0.25) is 0 Å². The number of benzene rings is 1. The quantitative estimate of drug-likeness (QED) is 0.904. The number of carboxylic acids is 1. The average molecular weight is 271 g/mol. The lowest BCUT2D eigenvalue weighted by Gasteiger charge is -2.35. The Kier molecular flexibility index (Phi) is 4.11. The monoisotopic (exact) mass is 271 g/mol. The van der Waals surface area contributed by atoms with Crippen LogP contribution in [0.25, 0.3) is 0 Å². The highest BCUT2D eigenvalue weighted by atomic mass is 19.3. The summed E-state index contributed by atoms with van der Waals surface area (Å²) in [6, 6.07) is 9.43. The molecule has 0 amide bonds. The molecule has 0 saturated carbocycles. The number of morpholine rings is 1. The van der Waals surface area contributed by atoms with Crippen molar-refractivity contribution in [3.05, 3.63) is 35.9 Å². The molecule has 4 nitrogen and oxygen atoms in total. The maximum absolute atomic E-state index is 13.4. The zero-order valence-electron chi connectivity index (χ0n) is 10.3. The van der Waals surface area contributed by atoms with Gasteiger partial charge in [-0.2, -0.15) is 8.78 Å². The number of hydrogen-bond donors (Lipinski definition) is 1. The molecule has 1 heterocycles. The van der Waals surface area contributed by atoms with Gasteiger partial charge < -0.3 is 9.84 Å². The first-order chi connectivity index (χ1) is 9.00. The summed E-state index contributed by atoms with van der Waals surface area (Å²) in [4.78, 5) is 12.3. The van der Waals surface area contributed by atoms with Crippen molar-refractivity contribution in [1.82, 2.24) is 4.90 Å². The lowest BCUT2D eigenvalue weighted by molar-refractivity contribution is -0.199. The Hall–Kier alpha value is -1.53. The van der Waals surface area contributed by atoms with Gasteiger partial charge in [-0.1, -0.05) is 30.3 Å². The fourth-order valence-corrected chi connectivity index (χ4v) is 2.04. The summed E-state index contributed by atoms with van der Waals surface area (Å²) in [5, 5.41) is 8.52. The predicted octanol–water partition coefficient (Wildman–Crippen LogP) is 1.61. The molecule has 0 aromatic heterocycles. The number of rotatable bonds is 4. The smallest absolute Gasteiger partial charge is 0.377 e. The van der Waals surface area contributed by atoms with Gasteiger partial charge in [0, 0.05) is 19.6 Å². The van der Waals surface area contributed by atoms with Crippen molar-refractivity contribution in [2.45, 2.75) is 18.6 Å². The van der Waals surface area contributed by atoms with Gasteiger partial charge in [0.2, 0.25) is 0 Å². The lowest BCUT2D eigenvalue weighted by atomic mass is 10.1. The molecule has 0 spiro atoms. The second-order valence-corrected chi connectivity index (χ2v) is 4.51. The highest BCUT2D eigenvalue weighted by Crippen LogP contribution is 2.25. The molecule has 19 heavy (non-hydrogen) atoms. The van der Waals surface area contributed by atoms with E-state index in [-0.39, 0.29) is 13.2 Å². The van der Waals surface area contributed by atoms with E-state index in [4.69, 9.17) is 9.84 Å². The summed E-state index contributed by atoms with van der Waals surface area (Å²) in [5.74, 6) is -5.99. The van der Waals surface area contributed by atoms with E-state index in [0.29, 0.717) is 13.1 Å². The highest BCUT2D eigenvalue weighted by molar-refractivity contribution is 5.76. The van der Waals surface area contributed by atoms with Gasteiger partial charge in [-0.3, -0.25) is 4.90 Å². The van der Waals surface area contributed by atoms with Crippen LogP contribution in [-0.4, -0.2) is 47.7 Å². The number of nitrogens with zero attached hydrogens (tertiary/aromatic N) is 1. The Morgan fingerprint density at radius 2 is 2.11 bits per heavy atom. The molecule has 1 unspecified atom stereocenters. The maximum atomic E-state index is 13.4. The summed E-state index contributed by atoms with van der Waals surface area (Å²) in [5.41, 5.74) is 1.00. The average Bonchev–Trinajstić information content (AvgIpc) is 2.40. The first kappa shape index (κ1) is 13.9. The van der Waals surface area contributed by atoms with Crippen molar-refractivity contribution in [1.29, 1.82) is 0 Å². The largest absolute Gasteiger partial charge is 0.477 e. The van der Waals surface area contributed by atoms with Gasteiger partial charge in [-0.15, -0.1) is 0 Å². The standard InChI is InChI=1S/C13H15F2NO3/c14-13(15,12(17)18)11-9-16(6-7-19-11)8-10-4-2-1-3-5-10/h1-5,11H,6-9H2,(H,17,18). The van der Waals surface area contributed by atoms with E-state index in [1.807, 2.05) is 30.3 Å². The number of alkyl halides is 2. The first-order valence-corrected chi connectivity index (χ1v) is 5.99. The molecule has 1 saturated heterocycles. The Labute approximate surface area is 109 Å². The summed E-state index contributed by atoms with van der Waals surface area (Å²) in [6.07, 6.45) is -1.59. The lowest BCUT2D eigenvalue weighted by Crippen LogP contribution is -2.53. The van der Waals surface area contributed by atoms with E-state index in [9.17, 15) is 13.6 Å². The van der Waals surface area contributed by atoms with E-state index in [0.717, 1.165) is 5.56 Å². The molecule has 1 N–H and O–H groups in total. The number of ether oxygens (including phenoxy) is 1. The zero-order chi connectivity index (χ0) is 13.9. The molecular weight excluding hydrogens is 256 g/mol. The Morgan fingerprint density at radius 1 is 1.42 bits per heavy atom. The van der Waals surface area contributed by atoms with Crippen LogP contribution < -0.4 is 0 Å². The SMILES string of the molecule is O=C(O)C(F)(F)C1CN(Cc2ccccc2)CCO1. The van der Waals surface area contributed by atoms with Gasteiger partial charge in [-0.05, 0) is 5.56 Å². The molecule has 0 bridgehead atoms. The van der Waals surface area contributed by atoms with Crippen LogP contribution in [0.3, 0.4) is 0 Å². The predicted molar refractivity (Wildman–Crippen MR) is 64.0 cm³/mol. The number of aliphatic carboxylic acids is 1. The fraction of sp³-hybridized carbons (Fsp3) is 0.462. The number of halogens is 2. The molecule has 1 aliphatic heterocycles.